The summed E-state index contributed by atoms with van der Waals surface area (Å²) in [5.41, 5.74) is 5.32. The number of hydrogen-bond donors (Lipinski definition) is 3. The maximum atomic E-state index is 12.4. The molecule has 4 N–H and O–H groups in total. The Kier molecular flexibility index (Phi) is 9.40. The van der Waals surface area contributed by atoms with Gasteiger partial charge in [-0.2, -0.15) is 0 Å². The summed E-state index contributed by atoms with van der Waals surface area (Å²) in [6.45, 7) is 5.60. The molecule has 2 amide bonds. The first-order valence-corrected chi connectivity index (χ1v) is 7.80. The summed E-state index contributed by atoms with van der Waals surface area (Å²) in [4.78, 5) is 34.7. The van der Waals surface area contributed by atoms with Gasteiger partial charge in [0.05, 0.1) is 15.5 Å². The number of rotatable bonds is 7. The molecule has 1 aromatic rings. The molecule has 1 unspecified atom stereocenters. The van der Waals surface area contributed by atoms with Crippen molar-refractivity contribution in [2.45, 2.75) is 32.9 Å². The highest BCUT2D eigenvalue weighted by Gasteiger charge is 2.26. The average Bonchev–Trinajstić information content (AvgIpc) is 2.51. The molecule has 25 heavy (non-hydrogen) atoms. The molecular weight excluding hydrogens is 371 g/mol. The van der Waals surface area contributed by atoms with Gasteiger partial charge in [0.25, 0.3) is 11.6 Å². The Hall–Kier alpha value is -1.90. The molecule has 0 aliphatic heterocycles. The van der Waals surface area contributed by atoms with E-state index in [0.717, 1.165) is 6.07 Å². The Morgan fingerprint density at radius 2 is 1.88 bits per heavy atom. The molecule has 2 atom stereocenters. The Morgan fingerprint density at radius 3 is 2.32 bits per heavy atom. The van der Waals surface area contributed by atoms with Crippen molar-refractivity contribution >= 4 is 41.5 Å². The number of nitro benzene ring substituents is 1. The highest BCUT2D eigenvalue weighted by atomic mass is 35.5. The van der Waals surface area contributed by atoms with Crippen molar-refractivity contribution in [3.63, 3.8) is 0 Å². The molecule has 0 fully saturated rings. The fourth-order valence-electron chi connectivity index (χ4n) is 1.95. The molecule has 0 radical (unpaired) electrons. The van der Waals surface area contributed by atoms with Crippen LogP contribution in [0.1, 0.15) is 31.1 Å². The number of halogens is 2. The van der Waals surface area contributed by atoms with Crippen molar-refractivity contribution in [3.05, 3.63) is 38.9 Å². The van der Waals surface area contributed by atoms with Gasteiger partial charge in [-0.15, -0.1) is 12.4 Å². The summed E-state index contributed by atoms with van der Waals surface area (Å²) in [6.07, 6.45) is 0. The zero-order chi connectivity index (χ0) is 18.4. The van der Waals surface area contributed by atoms with Gasteiger partial charge in [0.2, 0.25) is 5.91 Å². The Morgan fingerprint density at radius 1 is 1.28 bits per heavy atom. The summed E-state index contributed by atoms with van der Waals surface area (Å²) in [7, 11) is 0. The lowest BCUT2D eigenvalue weighted by Crippen LogP contribution is -2.52. The van der Waals surface area contributed by atoms with Crippen LogP contribution in [0.3, 0.4) is 0 Å². The van der Waals surface area contributed by atoms with Gasteiger partial charge in [-0.1, -0.05) is 25.4 Å². The second-order valence-corrected chi connectivity index (χ2v) is 6.17. The van der Waals surface area contributed by atoms with E-state index in [1.165, 1.54) is 12.1 Å². The van der Waals surface area contributed by atoms with E-state index >= 15 is 0 Å². The fraction of sp³-hybridized carbons (Fsp3) is 0.467. The second kappa shape index (κ2) is 10.2. The van der Waals surface area contributed by atoms with Crippen molar-refractivity contribution in [3.8, 4) is 0 Å². The molecule has 140 valence electrons. The minimum absolute atomic E-state index is 0. The van der Waals surface area contributed by atoms with E-state index in [4.69, 9.17) is 17.3 Å². The van der Waals surface area contributed by atoms with Crippen molar-refractivity contribution < 1.29 is 14.5 Å². The normalized spacial score (nSPS) is 12.7. The summed E-state index contributed by atoms with van der Waals surface area (Å²) in [5.74, 6) is -1.10. The van der Waals surface area contributed by atoms with Crippen LogP contribution in [-0.2, 0) is 4.79 Å². The predicted octanol–water partition coefficient (Wildman–Crippen LogP) is 1.89. The van der Waals surface area contributed by atoms with Gasteiger partial charge in [0.1, 0.15) is 6.04 Å². The number of benzene rings is 1. The number of hydrogen-bond acceptors (Lipinski definition) is 5. The van der Waals surface area contributed by atoms with Crippen LogP contribution < -0.4 is 16.4 Å². The number of amides is 2. The topological polar surface area (TPSA) is 127 Å². The molecule has 0 heterocycles. The first-order chi connectivity index (χ1) is 11.2. The molecule has 1 rings (SSSR count). The van der Waals surface area contributed by atoms with Gasteiger partial charge in [0.15, 0.2) is 0 Å². The van der Waals surface area contributed by atoms with Crippen molar-refractivity contribution in [2.75, 3.05) is 6.54 Å². The second-order valence-electron chi connectivity index (χ2n) is 5.76. The molecule has 0 bridgehead atoms. The molecule has 0 aliphatic carbocycles. The Bertz CT molecular complexity index is 640. The molecule has 0 saturated heterocycles. The SMILES string of the molecule is CC(C)C(NC(=O)c1ccc([N+](=O)[O-])cc1Cl)C(=O)N[C@@H](C)CN.Cl. The van der Waals surface area contributed by atoms with E-state index in [-0.39, 0.29) is 53.1 Å². The number of nitrogens with zero attached hydrogens (tertiary/aromatic N) is 1. The summed E-state index contributed by atoms with van der Waals surface area (Å²) < 4.78 is 0. The van der Waals surface area contributed by atoms with Gasteiger partial charge in [-0.25, -0.2) is 0 Å². The molecule has 0 spiro atoms. The van der Waals surface area contributed by atoms with Crippen molar-refractivity contribution in [1.29, 1.82) is 0 Å². The minimum Gasteiger partial charge on any atom is -0.351 e. The summed E-state index contributed by atoms with van der Waals surface area (Å²) in [6, 6.07) is 2.53. The number of nitrogens with two attached hydrogens (primary N) is 1. The first kappa shape index (κ1) is 23.1. The maximum absolute atomic E-state index is 12.4. The first-order valence-electron chi connectivity index (χ1n) is 7.42. The van der Waals surface area contributed by atoms with Gasteiger partial charge < -0.3 is 16.4 Å². The van der Waals surface area contributed by atoms with Gasteiger partial charge in [-0.3, -0.25) is 19.7 Å². The third kappa shape index (κ3) is 6.49. The predicted molar refractivity (Wildman–Crippen MR) is 98.1 cm³/mol. The lowest BCUT2D eigenvalue weighted by molar-refractivity contribution is -0.384. The van der Waals surface area contributed by atoms with Crippen molar-refractivity contribution in [2.24, 2.45) is 11.7 Å². The van der Waals surface area contributed by atoms with E-state index < -0.39 is 16.9 Å². The largest absolute Gasteiger partial charge is 0.351 e. The molecule has 0 aromatic heterocycles. The number of non-ortho nitro benzene ring substituents is 1. The van der Waals surface area contributed by atoms with E-state index in [0.29, 0.717) is 0 Å². The van der Waals surface area contributed by atoms with Crippen LogP contribution >= 0.6 is 24.0 Å². The standard InChI is InChI=1S/C15H21ClN4O4.ClH/c1-8(2)13(15(22)18-9(3)7-17)19-14(21)11-5-4-10(20(23)24)6-12(11)16;/h4-6,8-9,13H,7,17H2,1-3H3,(H,18,22)(H,19,21);1H/t9-,13?;/m0./s1. The Balaban J connectivity index is 0.00000576. The van der Waals surface area contributed by atoms with Crippen LogP contribution in [0.15, 0.2) is 18.2 Å². The molecular formula is C15H22Cl2N4O4. The lowest BCUT2D eigenvalue weighted by Gasteiger charge is -2.23. The molecule has 0 saturated carbocycles. The lowest BCUT2D eigenvalue weighted by atomic mass is 10.0. The highest BCUT2D eigenvalue weighted by molar-refractivity contribution is 6.34. The van der Waals surface area contributed by atoms with Crippen LogP contribution in [0, 0.1) is 16.0 Å². The zero-order valence-electron chi connectivity index (χ0n) is 14.1. The smallest absolute Gasteiger partial charge is 0.270 e. The molecule has 10 heteroatoms. The van der Waals surface area contributed by atoms with Crippen LogP contribution in [0.5, 0.6) is 0 Å². The van der Waals surface area contributed by atoms with E-state index in [1.54, 1.807) is 20.8 Å². The van der Waals surface area contributed by atoms with Gasteiger partial charge in [0, 0.05) is 24.7 Å². The van der Waals surface area contributed by atoms with Gasteiger partial charge in [-0.05, 0) is 18.9 Å². The number of carbonyl (C=O) groups excluding carboxylic acids is 2. The molecule has 0 aliphatic rings. The number of nitrogens with one attached hydrogen (secondary N) is 2. The van der Waals surface area contributed by atoms with E-state index in [2.05, 4.69) is 10.6 Å². The number of carbonyl (C=O) groups is 2. The maximum Gasteiger partial charge on any atom is 0.270 e. The van der Waals surface area contributed by atoms with Crippen LogP contribution in [0.4, 0.5) is 5.69 Å². The minimum atomic E-state index is -0.780. The summed E-state index contributed by atoms with van der Waals surface area (Å²) >= 11 is 5.94. The quantitative estimate of drug-likeness (QED) is 0.482. The summed E-state index contributed by atoms with van der Waals surface area (Å²) in [5, 5.41) is 16.0. The van der Waals surface area contributed by atoms with Crippen LogP contribution in [-0.4, -0.2) is 35.4 Å². The van der Waals surface area contributed by atoms with Crippen molar-refractivity contribution in [1.82, 2.24) is 10.6 Å². The third-order valence-corrected chi connectivity index (χ3v) is 3.70. The monoisotopic (exact) mass is 392 g/mol. The van der Waals surface area contributed by atoms with Crippen LogP contribution in [0.2, 0.25) is 5.02 Å². The number of nitro groups is 1. The molecule has 1 aromatic carbocycles. The van der Waals surface area contributed by atoms with E-state index in [1.807, 2.05) is 0 Å². The third-order valence-electron chi connectivity index (χ3n) is 3.39. The highest BCUT2D eigenvalue weighted by Crippen LogP contribution is 2.22. The Labute approximate surface area is 157 Å². The van der Waals surface area contributed by atoms with Crippen LogP contribution in [0.25, 0.3) is 0 Å². The molecule has 8 nitrogen and oxygen atoms in total. The average molecular weight is 393 g/mol. The zero-order valence-corrected chi connectivity index (χ0v) is 15.7. The van der Waals surface area contributed by atoms with E-state index in [9.17, 15) is 19.7 Å². The fourth-order valence-corrected chi connectivity index (χ4v) is 2.21. The van der Waals surface area contributed by atoms with Gasteiger partial charge >= 0.3 is 0 Å².